The van der Waals surface area contributed by atoms with Gasteiger partial charge in [0.25, 0.3) is 0 Å². The first kappa shape index (κ1) is 15.2. The summed E-state index contributed by atoms with van der Waals surface area (Å²) in [5.74, 6) is -1.16. The number of hydrogen-bond donors (Lipinski definition) is 0. The lowest BCUT2D eigenvalue weighted by atomic mass is 10.1. The van der Waals surface area contributed by atoms with Gasteiger partial charge in [-0.25, -0.2) is 4.39 Å². The minimum Gasteiger partial charge on any atom is -0.494 e. The highest BCUT2D eigenvalue weighted by atomic mass is 32.1. The van der Waals surface area contributed by atoms with Crippen LogP contribution in [0.4, 0.5) is 4.39 Å². The van der Waals surface area contributed by atoms with Crippen LogP contribution in [0, 0.1) is 5.82 Å². The number of rotatable bonds is 5. The molecule has 1 heterocycles. The van der Waals surface area contributed by atoms with E-state index >= 15 is 0 Å². The van der Waals surface area contributed by atoms with E-state index in [4.69, 9.17) is 4.74 Å². The van der Waals surface area contributed by atoms with Gasteiger partial charge in [-0.05, 0) is 30.3 Å². The molecule has 0 N–H and O–H groups in total. The summed E-state index contributed by atoms with van der Waals surface area (Å²) in [6.07, 6.45) is 0.116. The summed E-state index contributed by atoms with van der Waals surface area (Å²) in [6.45, 7) is 0. The maximum atomic E-state index is 13.6. The summed E-state index contributed by atoms with van der Waals surface area (Å²) in [6, 6.07) is 7.36. The molecule has 0 aliphatic rings. The van der Waals surface area contributed by atoms with Crippen molar-refractivity contribution in [2.75, 3.05) is 14.2 Å². The molecular formula is C15H13FO4S. The van der Waals surface area contributed by atoms with Gasteiger partial charge in [-0.15, -0.1) is 11.3 Å². The zero-order chi connectivity index (χ0) is 15.4. The van der Waals surface area contributed by atoms with Crippen molar-refractivity contribution in [3.8, 4) is 5.75 Å². The number of hydrogen-bond acceptors (Lipinski definition) is 5. The second-order valence-corrected chi connectivity index (χ2v) is 5.37. The van der Waals surface area contributed by atoms with Gasteiger partial charge in [0.05, 0.1) is 25.5 Å². The molecule has 0 atom stereocenters. The van der Waals surface area contributed by atoms with E-state index in [1.807, 2.05) is 0 Å². The molecule has 2 rings (SSSR count). The zero-order valence-electron chi connectivity index (χ0n) is 11.5. The smallest absolute Gasteiger partial charge is 0.310 e. The lowest BCUT2D eigenvalue weighted by Gasteiger charge is -2.03. The first-order valence-corrected chi connectivity index (χ1v) is 6.90. The molecule has 0 radical (unpaired) electrons. The Kier molecular flexibility index (Phi) is 4.70. The monoisotopic (exact) mass is 308 g/mol. The van der Waals surface area contributed by atoms with Crippen molar-refractivity contribution in [1.82, 2.24) is 0 Å². The molecule has 1 aromatic carbocycles. The lowest BCUT2D eigenvalue weighted by molar-refractivity contribution is -0.139. The number of ketones is 1. The van der Waals surface area contributed by atoms with Gasteiger partial charge in [0.15, 0.2) is 11.6 Å². The van der Waals surface area contributed by atoms with Gasteiger partial charge in [0.1, 0.15) is 0 Å². The van der Waals surface area contributed by atoms with Gasteiger partial charge < -0.3 is 9.47 Å². The van der Waals surface area contributed by atoms with Crippen LogP contribution in [0.3, 0.4) is 0 Å². The van der Waals surface area contributed by atoms with Crippen LogP contribution < -0.4 is 4.74 Å². The second kappa shape index (κ2) is 6.49. The molecular weight excluding hydrogens is 295 g/mol. The van der Waals surface area contributed by atoms with Crippen molar-refractivity contribution in [2.45, 2.75) is 6.42 Å². The highest BCUT2D eigenvalue weighted by molar-refractivity contribution is 7.14. The predicted octanol–water partition coefficient (Wildman–Crippen LogP) is 2.84. The summed E-state index contributed by atoms with van der Waals surface area (Å²) in [5.41, 5.74) is 0.236. The number of ether oxygens (including phenoxy) is 2. The topological polar surface area (TPSA) is 52.6 Å². The van der Waals surface area contributed by atoms with Crippen LogP contribution in [-0.2, 0) is 16.0 Å². The number of carbonyl (C=O) groups is 2. The number of thiophene rings is 1. The first-order chi connectivity index (χ1) is 10.0. The quantitative estimate of drug-likeness (QED) is 0.629. The van der Waals surface area contributed by atoms with Crippen LogP contribution in [-0.4, -0.2) is 26.0 Å². The molecule has 1 aromatic heterocycles. The van der Waals surface area contributed by atoms with E-state index in [-0.39, 0.29) is 29.5 Å². The molecule has 0 saturated heterocycles. The Morgan fingerprint density at radius 2 is 1.95 bits per heavy atom. The molecule has 0 fully saturated rings. The molecule has 0 aliphatic heterocycles. The number of methoxy groups -OCH3 is 2. The fourth-order valence-electron chi connectivity index (χ4n) is 1.76. The number of carbonyl (C=O) groups excluding carboxylic acids is 2. The Morgan fingerprint density at radius 3 is 2.57 bits per heavy atom. The van der Waals surface area contributed by atoms with Crippen LogP contribution in [0.1, 0.15) is 20.1 Å². The van der Waals surface area contributed by atoms with Crippen molar-refractivity contribution in [3.63, 3.8) is 0 Å². The number of esters is 1. The number of halogens is 1. The molecule has 2 aromatic rings. The largest absolute Gasteiger partial charge is 0.494 e. The Bertz CT molecular complexity index is 678. The molecule has 21 heavy (non-hydrogen) atoms. The molecule has 110 valence electrons. The molecule has 0 amide bonds. The maximum Gasteiger partial charge on any atom is 0.310 e. The normalized spacial score (nSPS) is 10.2. The summed E-state index contributed by atoms with van der Waals surface area (Å²) in [7, 11) is 2.67. The molecule has 6 heteroatoms. The molecule has 0 spiro atoms. The minimum absolute atomic E-state index is 0.0871. The van der Waals surface area contributed by atoms with Crippen molar-refractivity contribution >= 4 is 23.1 Å². The summed E-state index contributed by atoms with van der Waals surface area (Å²) < 4.78 is 23.0. The third-order valence-electron chi connectivity index (χ3n) is 2.85. The minimum atomic E-state index is -0.588. The average molecular weight is 308 g/mol. The molecule has 0 aliphatic carbocycles. The van der Waals surface area contributed by atoms with E-state index in [0.29, 0.717) is 4.88 Å². The van der Waals surface area contributed by atoms with E-state index in [9.17, 15) is 14.0 Å². The van der Waals surface area contributed by atoms with Crippen molar-refractivity contribution in [2.24, 2.45) is 0 Å². The summed E-state index contributed by atoms with van der Waals surface area (Å²) in [4.78, 5) is 24.6. The van der Waals surface area contributed by atoms with Gasteiger partial charge in [0, 0.05) is 10.4 Å². The van der Waals surface area contributed by atoms with Gasteiger partial charge >= 0.3 is 5.97 Å². The standard InChI is InChI=1S/C15H13FO4S/c1-19-12-5-3-9(7-11(12)16)15(18)13-6-4-10(21-13)8-14(17)20-2/h3-7H,8H2,1-2H3. The van der Waals surface area contributed by atoms with Crippen LogP contribution in [0.25, 0.3) is 0 Å². The van der Waals surface area contributed by atoms with Gasteiger partial charge in [-0.3, -0.25) is 9.59 Å². The first-order valence-electron chi connectivity index (χ1n) is 6.09. The highest BCUT2D eigenvalue weighted by Crippen LogP contribution is 2.23. The van der Waals surface area contributed by atoms with E-state index in [1.165, 1.54) is 37.7 Å². The highest BCUT2D eigenvalue weighted by Gasteiger charge is 2.15. The fraction of sp³-hybridized carbons (Fsp3) is 0.200. The Hall–Kier alpha value is -2.21. The van der Waals surface area contributed by atoms with E-state index < -0.39 is 5.82 Å². The van der Waals surface area contributed by atoms with Crippen LogP contribution >= 0.6 is 11.3 Å². The fourth-order valence-corrected chi connectivity index (χ4v) is 2.71. The van der Waals surface area contributed by atoms with Crippen LogP contribution in [0.15, 0.2) is 30.3 Å². The summed E-state index contributed by atoms with van der Waals surface area (Å²) in [5, 5.41) is 0. The van der Waals surface area contributed by atoms with E-state index in [0.717, 1.165) is 10.9 Å². The van der Waals surface area contributed by atoms with E-state index in [1.54, 1.807) is 12.1 Å². The molecule has 0 unspecified atom stereocenters. The van der Waals surface area contributed by atoms with Crippen molar-refractivity contribution in [1.29, 1.82) is 0 Å². The van der Waals surface area contributed by atoms with Gasteiger partial charge in [-0.2, -0.15) is 0 Å². The molecule has 4 nitrogen and oxygen atoms in total. The Morgan fingerprint density at radius 1 is 1.19 bits per heavy atom. The molecule has 0 bridgehead atoms. The van der Waals surface area contributed by atoms with Crippen LogP contribution in [0.2, 0.25) is 0 Å². The predicted molar refractivity (Wildman–Crippen MR) is 76.4 cm³/mol. The van der Waals surface area contributed by atoms with E-state index in [2.05, 4.69) is 4.74 Å². The van der Waals surface area contributed by atoms with Crippen molar-refractivity contribution in [3.05, 3.63) is 51.5 Å². The Balaban J connectivity index is 2.20. The zero-order valence-corrected chi connectivity index (χ0v) is 12.3. The SMILES string of the molecule is COC(=O)Cc1ccc(C(=O)c2ccc(OC)c(F)c2)s1. The van der Waals surface area contributed by atoms with Gasteiger partial charge in [-0.1, -0.05) is 0 Å². The average Bonchev–Trinajstić information content (AvgIpc) is 2.94. The maximum absolute atomic E-state index is 13.6. The molecule has 0 saturated carbocycles. The summed E-state index contributed by atoms with van der Waals surface area (Å²) >= 11 is 1.19. The number of benzene rings is 1. The third-order valence-corrected chi connectivity index (χ3v) is 3.93. The third kappa shape index (κ3) is 3.46. The van der Waals surface area contributed by atoms with Gasteiger partial charge in [0.2, 0.25) is 5.78 Å². The second-order valence-electron chi connectivity index (χ2n) is 4.20. The van der Waals surface area contributed by atoms with Crippen molar-refractivity contribution < 1.29 is 23.5 Å². The van der Waals surface area contributed by atoms with Crippen LogP contribution in [0.5, 0.6) is 5.75 Å². The Labute approximate surface area is 125 Å². The lowest BCUT2D eigenvalue weighted by Crippen LogP contribution is -2.02.